The molecule has 0 saturated heterocycles. The fourth-order valence-corrected chi connectivity index (χ4v) is 3.55. The minimum atomic E-state index is 0.450. The van der Waals surface area contributed by atoms with Crippen molar-refractivity contribution in [1.29, 1.82) is 0 Å². The van der Waals surface area contributed by atoms with Gasteiger partial charge in [-0.2, -0.15) is 5.11 Å². The predicted octanol–water partition coefficient (Wildman–Crippen LogP) is 6.17. The van der Waals surface area contributed by atoms with Crippen LogP contribution in [0.5, 0.6) is 11.5 Å². The molecule has 0 saturated carbocycles. The second kappa shape index (κ2) is 8.63. The maximum atomic E-state index is 5.89. The quantitative estimate of drug-likeness (QED) is 0.355. The first kappa shape index (κ1) is 18.1. The number of methoxy groups -OCH3 is 1. The van der Waals surface area contributed by atoms with Crippen molar-refractivity contribution >= 4 is 26.7 Å². The van der Waals surface area contributed by atoms with E-state index in [1.165, 1.54) is 11.3 Å². The van der Waals surface area contributed by atoms with Gasteiger partial charge in [0.15, 0.2) is 11.5 Å². The van der Waals surface area contributed by atoms with E-state index in [1.807, 2.05) is 72.8 Å². The fourth-order valence-electron chi connectivity index (χ4n) is 2.75. The molecule has 28 heavy (non-hydrogen) atoms. The Kier molecular flexibility index (Phi) is 5.58. The largest absolute Gasteiger partial charge is 0.493 e. The van der Waals surface area contributed by atoms with Gasteiger partial charge in [0.2, 0.25) is 5.13 Å². The minimum absolute atomic E-state index is 0.450. The van der Waals surface area contributed by atoms with Crippen molar-refractivity contribution in [1.82, 2.24) is 4.98 Å². The Labute approximate surface area is 167 Å². The number of rotatable bonds is 7. The van der Waals surface area contributed by atoms with E-state index in [4.69, 9.17) is 9.47 Å². The van der Waals surface area contributed by atoms with Crippen molar-refractivity contribution in [3.63, 3.8) is 0 Å². The monoisotopic (exact) mass is 389 g/mol. The molecule has 1 heterocycles. The van der Waals surface area contributed by atoms with Gasteiger partial charge in [-0.3, -0.25) is 0 Å². The average Bonchev–Trinajstić information content (AvgIpc) is 3.16. The van der Waals surface area contributed by atoms with Crippen LogP contribution in [0.4, 0.5) is 5.13 Å². The SMILES string of the molecule is COc1cc(CN=Nc2nc3ccccc3s2)ccc1OCc1ccccc1. The smallest absolute Gasteiger partial charge is 0.230 e. The lowest BCUT2D eigenvalue weighted by atomic mass is 10.2. The Morgan fingerprint density at radius 1 is 0.893 bits per heavy atom. The number of fused-ring (bicyclic) bond motifs is 1. The number of hydrogen-bond acceptors (Lipinski definition) is 6. The molecule has 0 N–H and O–H groups in total. The van der Waals surface area contributed by atoms with Crippen LogP contribution in [-0.4, -0.2) is 12.1 Å². The molecule has 4 rings (SSSR count). The summed E-state index contributed by atoms with van der Waals surface area (Å²) in [6, 6.07) is 23.8. The third-order valence-electron chi connectivity index (χ3n) is 4.16. The Morgan fingerprint density at radius 2 is 1.71 bits per heavy atom. The molecule has 1 aromatic heterocycles. The summed E-state index contributed by atoms with van der Waals surface area (Å²) in [6.45, 7) is 0.944. The van der Waals surface area contributed by atoms with E-state index >= 15 is 0 Å². The molecule has 0 amide bonds. The lowest BCUT2D eigenvalue weighted by Crippen LogP contribution is -1.98. The lowest BCUT2D eigenvalue weighted by Gasteiger charge is -2.11. The van der Waals surface area contributed by atoms with Gasteiger partial charge in [-0.15, -0.1) is 5.11 Å². The van der Waals surface area contributed by atoms with E-state index in [2.05, 4.69) is 15.2 Å². The molecule has 0 unspecified atom stereocenters. The number of thiazole rings is 1. The molecule has 0 radical (unpaired) electrons. The summed E-state index contributed by atoms with van der Waals surface area (Å²) in [5, 5.41) is 9.20. The van der Waals surface area contributed by atoms with Gasteiger partial charge < -0.3 is 9.47 Å². The summed E-state index contributed by atoms with van der Waals surface area (Å²) < 4.78 is 12.5. The molecule has 5 nitrogen and oxygen atoms in total. The molecule has 0 fully saturated rings. The van der Waals surface area contributed by atoms with E-state index in [-0.39, 0.29) is 0 Å². The van der Waals surface area contributed by atoms with Crippen molar-refractivity contribution in [2.75, 3.05) is 7.11 Å². The maximum absolute atomic E-state index is 5.89. The summed E-state index contributed by atoms with van der Waals surface area (Å²) in [5.74, 6) is 1.39. The van der Waals surface area contributed by atoms with Crippen molar-refractivity contribution in [2.45, 2.75) is 13.2 Å². The Hall–Kier alpha value is -3.25. The highest BCUT2D eigenvalue weighted by molar-refractivity contribution is 7.21. The third kappa shape index (κ3) is 4.35. The first-order valence-corrected chi connectivity index (χ1v) is 9.70. The molecule has 0 bridgehead atoms. The van der Waals surface area contributed by atoms with E-state index in [1.54, 1.807) is 7.11 Å². The number of benzene rings is 3. The molecule has 0 aliphatic carbocycles. The van der Waals surface area contributed by atoms with Gasteiger partial charge in [0.25, 0.3) is 0 Å². The molecule has 6 heteroatoms. The van der Waals surface area contributed by atoms with Crippen LogP contribution in [-0.2, 0) is 13.2 Å². The highest BCUT2D eigenvalue weighted by atomic mass is 32.1. The Bertz CT molecular complexity index is 1060. The highest BCUT2D eigenvalue weighted by Crippen LogP contribution is 2.30. The number of ether oxygens (including phenoxy) is 2. The van der Waals surface area contributed by atoms with Gasteiger partial charge in [0.1, 0.15) is 6.61 Å². The first-order chi connectivity index (χ1) is 13.8. The topological polar surface area (TPSA) is 56.1 Å². The normalized spacial score (nSPS) is 11.2. The van der Waals surface area contributed by atoms with E-state index in [0.29, 0.717) is 29.8 Å². The van der Waals surface area contributed by atoms with Gasteiger partial charge in [-0.05, 0) is 35.4 Å². The van der Waals surface area contributed by atoms with Crippen LogP contribution in [0.25, 0.3) is 10.2 Å². The van der Waals surface area contributed by atoms with Crippen LogP contribution in [0, 0.1) is 0 Å². The van der Waals surface area contributed by atoms with Crippen molar-refractivity contribution in [3.05, 3.63) is 83.9 Å². The molecule has 4 aromatic rings. The van der Waals surface area contributed by atoms with Crippen molar-refractivity contribution in [2.24, 2.45) is 10.2 Å². The van der Waals surface area contributed by atoms with Crippen LogP contribution in [0.3, 0.4) is 0 Å². The summed E-state index contributed by atoms with van der Waals surface area (Å²) in [4.78, 5) is 4.46. The van der Waals surface area contributed by atoms with Crippen molar-refractivity contribution in [3.8, 4) is 11.5 Å². The minimum Gasteiger partial charge on any atom is -0.493 e. The van der Waals surface area contributed by atoms with Crippen LogP contribution in [0.15, 0.2) is 83.0 Å². The zero-order chi connectivity index (χ0) is 19.2. The summed E-state index contributed by atoms with van der Waals surface area (Å²) >= 11 is 1.53. The molecular formula is C22H19N3O2S. The Morgan fingerprint density at radius 3 is 2.54 bits per heavy atom. The molecule has 0 atom stereocenters. The predicted molar refractivity (Wildman–Crippen MR) is 112 cm³/mol. The number of hydrogen-bond donors (Lipinski definition) is 0. The highest BCUT2D eigenvalue weighted by Gasteiger charge is 2.07. The van der Waals surface area contributed by atoms with Gasteiger partial charge in [0.05, 0.1) is 23.9 Å². The molecule has 0 spiro atoms. The maximum Gasteiger partial charge on any atom is 0.230 e. The number of nitrogens with zero attached hydrogens (tertiary/aromatic N) is 3. The van der Waals surface area contributed by atoms with E-state index < -0.39 is 0 Å². The van der Waals surface area contributed by atoms with Crippen molar-refractivity contribution < 1.29 is 9.47 Å². The fraction of sp³-hybridized carbons (Fsp3) is 0.136. The standard InChI is InChI=1S/C22H19N3O2S/c1-26-20-13-17(11-12-19(20)27-15-16-7-3-2-4-8-16)14-23-25-22-24-18-9-5-6-10-21(18)28-22/h2-13H,14-15H2,1H3. The zero-order valence-corrected chi connectivity index (χ0v) is 16.2. The van der Waals surface area contributed by atoms with E-state index in [9.17, 15) is 0 Å². The van der Waals surface area contributed by atoms with Gasteiger partial charge in [-0.25, -0.2) is 4.98 Å². The second-order valence-electron chi connectivity index (χ2n) is 6.12. The lowest BCUT2D eigenvalue weighted by molar-refractivity contribution is 0.284. The van der Waals surface area contributed by atoms with Gasteiger partial charge >= 0.3 is 0 Å². The van der Waals surface area contributed by atoms with Crippen LogP contribution in [0.2, 0.25) is 0 Å². The number of azo groups is 1. The number of aromatic nitrogens is 1. The first-order valence-electron chi connectivity index (χ1n) is 8.88. The number of para-hydroxylation sites is 1. The molecule has 0 aliphatic heterocycles. The second-order valence-corrected chi connectivity index (χ2v) is 7.13. The summed E-state index contributed by atoms with van der Waals surface area (Å²) in [5.41, 5.74) is 3.05. The molecule has 3 aromatic carbocycles. The van der Waals surface area contributed by atoms with Gasteiger partial charge in [-0.1, -0.05) is 59.9 Å². The summed E-state index contributed by atoms with van der Waals surface area (Å²) in [6.07, 6.45) is 0. The average molecular weight is 389 g/mol. The van der Waals surface area contributed by atoms with Crippen LogP contribution in [0.1, 0.15) is 11.1 Å². The molecule has 0 aliphatic rings. The Balaban J connectivity index is 1.41. The zero-order valence-electron chi connectivity index (χ0n) is 15.4. The van der Waals surface area contributed by atoms with Gasteiger partial charge in [0, 0.05) is 0 Å². The summed E-state index contributed by atoms with van der Waals surface area (Å²) in [7, 11) is 1.64. The molecular weight excluding hydrogens is 370 g/mol. The molecule has 140 valence electrons. The van der Waals surface area contributed by atoms with Crippen LogP contribution >= 0.6 is 11.3 Å². The van der Waals surface area contributed by atoms with Crippen LogP contribution < -0.4 is 9.47 Å². The third-order valence-corrected chi connectivity index (χ3v) is 5.08. The van der Waals surface area contributed by atoms with E-state index in [0.717, 1.165) is 21.3 Å².